The molecule has 0 spiro atoms. The maximum atomic E-state index is 14.3. The fourth-order valence-corrected chi connectivity index (χ4v) is 9.85. The molecule has 3 aromatic rings. The Morgan fingerprint density at radius 3 is 2.60 bits per heavy atom. The summed E-state index contributed by atoms with van der Waals surface area (Å²) in [6, 6.07) is 5.66. The fraction of sp³-hybridized carbons (Fsp3) is 0.553. The zero-order valence-electron chi connectivity index (χ0n) is 30.3. The van der Waals surface area contributed by atoms with E-state index in [1.807, 2.05) is 42.7 Å². The minimum atomic E-state index is -3.83. The number of hydrogen-bond acceptors (Lipinski definition) is 10. The molecule has 2 N–H and O–H groups in total. The first-order valence-corrected chi connectivity index (χ1v) is 20.6. The molecule has 0 radical (unpaired) electrons. The fourth-order valence-electron chi connectivity index (χ4n) is 7.55. The maximum absolute atomic E-state index is 14.3. The Morgan fingerprint density at radius 1 is 1.12 bits per heavy atom. The largest absolute Gasteiger partial charge is 0.496 e. The van der Waals surface area contributed by atoms with E-state index in [2.05, 4.69) is 23.9 Å². The van der Waals surface area contributed by atoms with Gasteiger partial charge in [-0.1, -0.05) is 26.0 Å². The number of aromatic nitrogens is 2. The molecule has 0 saturated heterocycles. The second-order valence-electron chi connectivity index (χ2n) is 15.1. The summed E-state index contributed by atoms with van der Waals surface area (Å²) in [5.74, 6) is -1.63. The Balaban J connectivity index is 1.21. The first kappa shape index (κ1) is 36.3. The van der Waals surface area contributed by atoms with Crippen LogP contribution in [0, 0.1) is 24.7 Å². The van der Waals surface area contributed by atoms with Crippen molar-refractivity contribution in [3.8, 4) is 22.2 Å². The van der Waals surface area contributed by atoms with E-state index >= 15 is 0 Å². The maximum Gasteiger partial charge on any atom is 0.259 e. The summed E-state index contributed by atoms with van der Waals surface area (Å²) in [7, 11) is -0.445. The SMILES string of the molecule is COc1ccc2c(O[C@@H]3CC4C(=O)N[C@]5(C(=O)NS(=O)(=O)C6CC6)CC5/C=C\CCCCN(C)C(=O)[C@@H]4C3)cc(-c3nc(C(C)C)cs3)nc2c1C. The van der Waals surface area contributed by atoms with Crippen molar-refractivity contribution < 1.29 is 32.3 Å². The third-order valence-corrected chi connectivity index (χ3v) is 13.7. The monoisotopic (exact) mass is 749 g/mol. The van der Waals surface area contributed by atoms with Gasteiger partial charge < -0.3 is 19.7 Å². The summed E-state index contributed by atoms with van der Waals surface area (Å²) in [4.78, 5) is 53.5. The summed E-state index contributed by atoms with van der Waals surface area (Å²) in [5, 5.41) is 5.95. The number of methoxy groups -OCH3 is 1. The lowest BCUT2D eigenvalue weighted by atomic mass is 9.93. The van der Waals surface area contributed by atoms with Gasteiger partial charge in [0.05, 0.1) is 35.4 Å². The molecule has 278 valence electrons. The molecule has 3 amide bonds. The number of benzene rings is 1. The Hall–Kier alpha value is -4.04. The molecule has 12 nitrogen and oxygen atoms in total. The summed E-state index contributed by atoms with van der Waals surface area (Å²) in [5.41, 5.74) is 1.79. The number of sulfonamides is 1. The molecule has 3 heterocycles. The molecule has 3 aliphatic carbocycles. The van der Waals surface area contributed by atoms with E-state index in [9.17, 15) is 22.8 Å². The van der Waals surface area contributed by atoms with E-state index < -0.39 is 50.6 Å². The average molecular weight is 750 g/mol. The number of allylic oxidation sites excluding steroid dienone is 1. The summed E-state index contributed by atoms with van der Waals surface area (Å²) in [6.07, 6.45) is 7.61. The minimum absolute atomic E-state index is 0.147. The highest BCUT2D eigenvalue weighted by molar-refractivity contribution is 7.91. The van der Waals surface area contributed by atoms with Crippen LogP contribution in [-0.4, -0.2) is 78.6 Å². The second-order valence-corrected chi connectivity index (χ2v) is 17.9. The van der Waals surface area contributed by atoms with Crippen LogP contribution in [0.3, 0.4) is 0 Å². The smallest absolute Gasteiger partial charge is 0.259 e. The van der Waals surface area contributed by atoms with Crippen LogP contribution in [0.1, 0.15) is 82.4 Å². The van der Waals surface area contributed by atoms with E-state index in [0.717, 1.165) is 40.9 Å². The van der Waals surface area contributed by atoms with Crippen molar-refractivity contribution in [2.75, 3.05) is 20.7 Å². The Labute approximate surface area is 308 Å². The van der Waals surface area contributed by atoms with Crippen molar-refractivity contribution in [1.29, 1.82) is 0 Å². The first-order valence-electron chi connectivity index (χ1n) is 18.2. The zero-order valence-corrected chi connectivity index (χ0v) is 31.9. The minimum Gasteiger partial charge on any atom is -0.496 e. The summed E-state index contributed by atoms with van der Waals surface area (Å²) in [6.45, 7) is 6.69. The van der Waals surface area contributed by atoms with Crippen LogP contribution in [0.25, 0.3) is 21.6 Å². The van der Waals surface area contributed by atoms with Gasteiger partial charge in [-0.25, -0.2) is 18.4 Å². The number of carbonyl (C=O) groups is 3. The third kappa shape index (κ3) is 7.03. The molecule has 52 heavy (non-hydrogen) atoms. The molecule has 2 unspecified atom stereocenters. The molecule has 14 heteroatoms. The van der Waals surface area contributed by atoms with Crippen LogP contribution >= 0.6 is 11.3 Å². The number of fused-ring (bicyclic) bond motifs is 3. The number of pyridine rings is 1. The number of thiazole rings is 1. The highest BCUT2D eigenvalue weighted by atomic mass is 32.2. The number of nitrogens with zero attached hydrogens (tertiary/aromatic N) is 3. The van der Waals surface area contributed by atoms with Gasteiger partial charge in [-0.05, 0) is 76.3 Å². The van der Waals surface area contributed by atoms with Crippen LogP contribution in [0.4, 0.5) is 0 Å². The highest BCUT2D eigenvalue weighted by Gasteiger charge is 2.62. The highest BCUT2D eigenvalue weighted by Crippen LogP contribution is 2.47. The number of ether oxygens (including phenoxy) is 2. The van der Waals surface area contributed by atoms with Crippen molar-refractivity contribution in [3.63, 3.8) is 0 Å². The molecular formula is C38H47N5O7S2. The lowest BCUT2D eigenvalue weighted by Gasteiger charge is -2.26. The lowest BCUT2D eigenvalue weighted by molar-refractivity contribution is -0.140. The first-order chi connectivity index (χ1) is 24.8. The molecular weight excluding hydrogens is 703 g/mol. The van der Waals surface area contributed by atoms with Crippen molar-refractivity contribution in [3.05, 3.63) is 47.0 Å². The van der Waals surface area contributed by atoms with Gasteiger partial charge in [0, 0.05) is 41.9 Å². The molecule has 0 bridgehead atoms. The van der Waals surface area contributed by atoms with Crippen LogP contribution < -0.4 is 19.5 Å². The van der Waals surface area contributed by atoms with Gasteiger partial charge in [0.25, 0.3) is 5.91 Å². The van der Waals surface area contributed by atoms with E-state index in [1.54, 1.807) is 19.1 Å². The quantitative estimate of drug-likeness (QED) is 0.294. The van der Waals surface area contributed by atoms with Gasteiger partial charge in [-0.2, -0.15) is 0 Å². The van der Waals surface area contributed by atoms with E-state index in [0.29, 0.717) is 48.5 Å². The number of carbonyl (C=O) groups excluding carboxylic acids is 3. The van der Waals surface area contributed by atoms with Crippen LogP contribution in [0.2, 0.25) is 0 Å². The Bertz CT molecular complexity index is 2040. The molecule has 5 atom stereocenters. The average Bonchev–Trinajstić information content (AvgIpc) is 3.98. The lowest BCUT2D eigenvalue weighted by Crippen LogP contribution is -2.54. The zero-order chi connectivity index (χ0) is 36.9. The standard InChI is InChI=1S/C38H47N5O7S2/c1-21(2)30-20-51-35(40-30)29-18-32(26-13-14-31(49-5)22(3)33(26)39-29)50-24-16-27-28(17-24)36(45)43(4)15-9-7-6-8-10-23-19-38(23,41-34(27)44)37(46)42-52(47,48)25-11-12-25/h8,10,13-14,18,20-21,23-25,27-28H,6-7,9,11-12,15-17,19H2,1-5H3,(H,41,44)(H,42,46)/b10-8-/t23?,24-,27?,28-,38-/m1/s1. The topological polar surface area (TPSA) is 157 Å². The molecule has 4 aliphatic rings. The van der Waals surface area contributed by atoms with Gasteiger partial charge in [-0.3, -0.25) is 19.1 Å². The molecule has 1 aliphatic heterocycles. The van der Waals surface area contributed by atoms with Crippen LogP contribution in [0.15, 0.2) is 35.7 Å². The van der Waals surface area contributed by atoms with E-state index in [-0.39, 0.29) is 30.6 Å². The van der Waals surface area contributed by atoms with Crippen molar-refractivity contribution in [2.45, 2.75) is 94.9 Å². The number of aryl methyl sites for hydroxylation is 1. The Morgan fingerprint density at radius 2 is 1.88 bits per heavy atom. The van der Waals surface area contributed by atoms with Crippen LogP contribution in [-0.2, 0) is 24.4 Å². The predicted molar refractivity (Wildman–Crippen MR) is 199 cm³/mol. The van der Waals surface area contributed by atoms with Crippen LogP contribution in [0.5, 0.6) is 11.5 Å². The van der Waals surface area contributed by atoms with Gasteiger partial charge >= 0.3 is 0 Å². The Kier molecular flexibility index (Phi) is 9.83. The number of hydrogen-bond donors (Lipinski definition) is 2. The second kappa shape index (κ2) is 14.1. The molecule has 1 aromatic carbocycles. The predicted octanol–water partition coefficient (Wildman–Crippen LogP) is 5.25. The molecule has 3 fully saturated rings. The third-order valence-electron chi connectivity index (χ3n) is 11.0. The molecule has 3 saturated carbocycles. The van der Waals surface area contributed by atoms with E-state index in [1.165, 1.54) is 11.3 Å². The van der Waals surface area contributed by atoms with Crippen molar-refractivity contribution >= 4 is 50.0 Å². The van der Waals surface area contributed by atoms with E-state index in [4.69, 9.17) is 19.4 Å². The number of amides is 3. The summed E-state index contributed by atoms with van der Waals surface area (Å²) >= 11 is 1.51. The van der Waals surface area contributed by atoms with Crippen molar-refractivity contribution in [1.82, 2.24) is 24.9 Å². The molecule has 2 aromatic heterocycles. The van der Waals surface area contributed by atoms with Crippen molar-refractivity contribution in [2.24, 2.45) is 17.8 Å². The van der Waals surface area contributed by atoms with Gasteiger partial charge in [-0.15, -0.1) is 11.3 Å². The van der Waals surface area contributed by atoms with Gasteiger partial charge in [0.1, 0.15) is 33.8 Å². The molecule has 7 rings (SSSR count). The van der Waals surface area contributed by atoms with Gasteiger partial charge in [0.2, 0.25) is 21.8 Å². The number of nitrogens with one attached hydrogen (secondary N) is 2. The number of rotatable bonds is 8. The van der Waals surface area contributed by atoms with Gasteiger partial charge in [0.15, 0.2) is 0 Å². The summed E-state index contributed by atoms with van der Waals surface area (Å²) < 4.78 is 40.2. The normalized spacial score (nSPS) is 27.4.